The number of aliphatic hydroxyl groups excluding tert-OH is 1. The molecule has 1 heterocycles. The first-order valence-corrected chi connectivity index (χ1v) is 12.0. The maximum atomic E-state index is 11.0. The maximum Gasteiger partial charge on any atom is 0.131 e. The topological polar surface area (TPSA) is 62.8 Å². The fourth-order valence-corrected chi connectivity index (χ4v) is 4.61. The molecule has 3 N–H and O–H groups in total. The van der Waals surface area contributed by atoms with Crippen LogP contribution < -0.4 is 19.5 Å². The van der Waals surface area contributed by atoms with Crippen molar-refractivity contribution in [3.8, 4) is 11.5 Å². The van der Waals surface area contributed by atoms with Crippen molar-refractivity contribution in [2.75, 3.05) is 18.4 Å². The van der Waals surface area contributed by atoms with Gasteiger partial charge in [0.15, 0.2) is 0 Å². The second kappa shape index (κ2) is 10.1. The molecule has 6 heteroatoms. The summed E-state index contributed by atoms with van der Waals surface area (Å²) in [6.45, 7) is 6.66. The van der Waals surface area contributed by atoms with E-state index in [4.69, 9.17) is 9.47 Å². The van der Waals surface area contributed by atoms with E-state index in [1.54, 1.807) is 19.1 Å². The maximum absolute atomic E-state index is 11.0. The van der Waals surface area contributed by atoms with Gasteiger partial charge in [-0.1, -0.05) is 29.8 Å². The van der Waals surface area contributed by atoms with Crippen LogP contribution in [-0.4, -0.2) is 30.5 Å². The number of aliphatic hydroxyl groups is 1. The first-order valence-electron chi connectivity index (χ1n) is 11.2. The molecule has 2 unspecified atom stereocenters. The number of anilines is 1. The first kappa shape index (κ1) is 23.5. The van der Waals surface area contributed by atoms with Crippen LogP contribution in [0.3, 0.4) is 0 Å². The Morgan fingerprint density at radius 1 is 1.03 bits per heavy atom. The molecule has 5 nitrogen and oxygen atoms in total. The van der Waals surface area contributed by atoms with Crippen molar-refractivity contribution in [3.05, 3.63) is 83.4 Å². The van der Waals surface area contributed by atoms with E-state index in [9.17, 15) is 5.11 Å². The Kier molecular flexibility index (Phi) is 7.17. The molecule has 1 aliphatic heterocycles. The standard InChI is InChI=1S/C27H32N2O3S/c1-18-5-12-22(13-6-18)33-29-20-9-7-19(8-10-20)15-16-28-25-23-17-21(31-4)11-14-24(23)32-27(2,3)26(25)30/h5-14,17,25-26,28-30H,15-16H2,1-4H3. The predicted octanol–water partition coefficient (Wildman–Crippen LogP) is 5.53. The zero-order valence-electron chi connectivity index (χ0n) is 19.6. The zero-order valence-corrected chi connectivity index (χ0v) is 20.4. The van der Waals surface area contributed by atoms with Crippen LogP contribution in [0, 0.1) is 6.92 Å². The van der Waals surface area contributed by atoms with Crippen molar-refractivity contribution in [1.82, 2.24) is 5.32 Å². The fourth-order valence-electron chi connectivity index (χ4n) is 3.96. The normalized spacial score (nSPS) is 18.8. The van der Waals surface area contributed by atoms with E-state index in [2.05, 4.69) is 65.5 Å². The molecule has 0 saturated heterocycles. The minimum Gasteiger partial charge on any atom is -0.497 e. The molecule has 0 amide bonds. The van der Waals surface area contributed by atoms with Gasteiger partial charge in [0, 0.05) is 16.1 Å². The number of ether oxygens (including phenoxy) is 2. The van der Waals surface area contributed by atoms with Crippen LogP contribution in [0.2, 0.25) is 0 Å². The van der Waals surface area contributed by atoms with E-state index in [0.717, 1.165) is 35.7 Å². The van der Waals surface area contributed by atoms with Crippen molar-refractivity contribution >= 4 is 17.6 Å². The van der Waals surface area contributed by atoms with Crippen LogP contribution in [0.15, 0.2) is 71.6 Å². The van der Waals surface area contributed by atoms with E-state index < -0.39 is 11.7 Å². The number of hydrogen-bond acceptors (Lipinski definition) is 6. The van der Waals surface area contributed by atoms with Crippen molar-refractivity contribution in [2.45, 2.75) is 49.8 Å². The molecule has 2 atom stereocenters. The lowest BCUT2D eigenvalue weighted by atomic mass is 9.86. The number of hydrogen-bond donors (Lipinski definition) is 3. The molecule has 0 saturated carbocycles. The Hall–Kier alpha value is -2.67. The van der Waals surface area contributed by atoms with Crippen molar-refractivity contribution in [1.29, 1.82) is 0 Å². The molecule has 3 aromatic rings. The minimum absolute atomic E-state index is 0.231. The Morgan fingerprint density at radius 2 is 1.76 bits per heavy atom. The number of benzene rings is 3. The second-order valence-corrected chi connectivity index (χ2v) is 9.83. The lowest BCUT2D eigenvalue weighted by molar-refractivity contribution is -0.0644. The van der Waals surface area contributed by atoms with Gasteiger partial charge in [0.25, 0.3) is 0 Å². The lowest BCUT2D eigenvalue weighted by Gasteiger charge is -2.42. The van der Waals surface area contributed by atoms with Gasteiger partial charge in [-0.15, -0.1) is 0 Å². The molecule has 1 aliphatic rings. The van der Waals surface area contributed by atoms with Gasteiger partial charge in [0.2, 0.25) is 0 Å². The highest BCUT2D eigenvalue weighted by molar-refractivity contribution is 8.00. The summed E-state index contributed by atoms with van der Waals surface area (Å²) in [7, 11) is 1.64. The molecule has 0 bridgehead atoms. The lowest BCUT2D eigenvalue weighted by Crippen LogP contribution is -2.52. The predicted molar refractivity (Wildman–Crippen MR) is 135 cm³/mol. The zero-order chi connectivity index (χ0) is 23.4. The number of rotatable bonds is 8. The molecule has 0 aliphatic carbocycles. The molecule has 4 rings (SSSR count). The quantitative estimate of drug-likeness (QED) is 0.381. The van der Waals surface area contributed by atoms with Crippen LogP contribution in [0.25, 0.3) is 0 Å². The molecule has 174 valence electrons. The van der Waals surface area contributed by atoms with E-state index >= 15 is 0 Å². The number of aryl methyl sites for hydroxylation is 1. The van der Waals surface area contributed by atoms with Crippen molar-refractivity contribution in [2.24, 2.45) is 0 Å². The minimum atomic E-state index is -0.679. The molecule has 0 spiro atoms. The average molecular weight is 465 g/mol. The Labute approximate surface area is 200 Å². The Balaban J connectivity index is 1.35. The van der Waals surface area contributed by atoms with Gasteiger partial charge in [-0.25, -0.2) is 0 Å². The van der Waals surface area contributed by atoms with E-state index in [1.807, 2.05) is 32.0 Å². The monoisotopic (exact) mass is 464 g/mol. The third-order valence-electron chi connectivity index (χ3n) is 5.99. The van der Waals surface area contributed by atoms with Crippen LogP contribution >= 0.6 is 11.9 Å². The second-order valence-electron chi connectivity index (χ2n) is 8.95. The summed E-state index contributed by atoms with van der Waals surface area (Å²) in [5, 5.41) is 14.5. The molecule has 0 fully saturated rings. The summed E-state index contributed by atoms with van der Waals surface area (Å²) in [6, 6.07) is 22.5. The third kappa shape index (κ3) is 5.64. The fraction of sp³-hybridized carbons (Fsp3) is 0.333. The third-order valence-corrected chi connectivity index (χ3v) is 6.84. The molecular weight excluding hydrogens is 432 g/mol. The van der Waals surface area contributed by atoms with E-state index in [1.165, 1.54) is 16.0 Å². The highest BCUT2D eigenvalue weighted by Gasteiger charge is 2.42. The van der Waals surface area contributed by atoms with Gasteiger partial charge in [-0.3, -0.25) is 0 Å². The van der Waals surface area contributed by atoms with Gasteiger partial charge in [-0.05, 0) is 93.7 Å². The van der Waals surface area contributed by atoms with Crippen LogP contribution in [-0.2, 0) is 6.42 Å². The van der Waals surface area contributed by atoms with E-state index in [-0.39, 0.29) is 6.04 Å². The molecular formula is C27H32N2O3S. The SMILES string of the molecule is COc1ccc2c(c1)C(NCCc1ccc(NSc3ccc(C)cc3)cc1)C(O)C(C)(C)O2. The molecule has 0 aromatic heterocycles. The number of fused-ring (bicyclic) bond motifs is 1. The molecule has 0 radical (unpaired) electrons. The summed E-state index contributed by atoms with van der Waals surface area (Å²) in [4.78, 5) is 1.18. The Bertz CT molecular complexity index is 1070. The summed E-state index contributed by atoms with van der Waals surface area (Å²) in [5.41, 5.74) is 3.81. The smallest absolute Gasteiger partial charge is 0.131 e. The summed E-state index contributed by atoms with van der Waals surface area (Å²) < 4.78 is 14.8. The summed E-state index contributed by atoms with van der Waals surface area (Å²) >= 11 is 1.61. The van der Waals surface area contributed by atoms with Crippen LogP contribution in [0.4, 0.5) is 5.69 Å². The largest absolute Gasteiger partial charge is 0.497 e. The Morgan fingerprint density at radius 3 is 2.45 bits per heavy atom. The summed E-state index contributed by atoms with van der Waals surface area (Å²) in [6.07, 6.45) is 0.178. The number of methoxy groups -OCH3 is 1. The first-order chi connectivity index (χ1) is 15.9. The van der Waals surface area contributed by atoms with Crippen molar-refractivity contribution < 1.29 is 14.6 Å². The van der Waals surface area contributed by atoms with Gasteiger partial charge in [-0.2, -0.15) is 0 Å². The molecule has 3 aromatic carbocycles. The van der Waals surface area contributed by atoms with Crippen LogP contribution in [0.1, 0.15) is 36.6 Å². The average Bonchev–Trinajstić information content (AvgIpc) is 2.81. The van der Waals surface area contributed by atoms with Crippen LogP contribution in [0.5, 0.6) is 11.5 Å². The highest BCUT2D eigenvalue weighted by Crippen LogP contribution is 2.41. The van der Waals surface area contributed by atoms with E-state index in [0.29, 0.717) is 0 Å². The highest BCUT2D eigenvalue weighted by atomic mass is 32.2. The van der Waals surface area contributed by atoms with Gasteiger partial charge in [0.05, 0.1) is 13.2 Å². The van der Waals surface area contributed by atoms with Gasteiger partial charge < -0.3 is 24.6 Å². The number of nitrogens with one attached hydrogen (secondary N) is 2. The van der Waals surface area contributed by atoms with Gasteiger partial charge >= 0.3 is 0 Å². The molecule has 33 heavy (non-hydrogen) atoms. The van der Waals surface area contributed by atoms with Crippen molar-refractivity contribution in [3.63, 3.8) is 0 Å². The summed E-state index contributed by atoms with van der Waals surface area (Å²) in [5.74, 6) is 1.53. The van der Waals surface area contributed by atoms with Gasteiger partial charge in [0.1, 0.15) is 23.2 Å².